The summed E-state index contributed by atoms with van der Waals surface area (Å²) in [6, 6.07) is 8.16. The Balaban J connectivity index is 1.88. The van der Waals surface area contributed by atoms with E-state index in [1.165, 1.54) is 0 Å². The Kier molecular flexibility index (Phi) is 3.13. The van der Waals surface area contributed by atoms with Crippen LogP contribution in [0, 0.1) is 0 Å². The molecule has 0 saturated heterocycles. The summed E-state index contributed by atoms with van der Waals surface area (Å²) in [5, 5.41) is 0.831. The molecule has 0 saturated carbocycles. The maximum Gasteiger partial charge on any atom is 0.205 e. The third kappa shape index (κ3) is 2.07. The van der Waals surface area contributed by atoms with Gasteiger partial charge in [-0.25, -0.2) is 9.97 Å². The van der Waals surface area contributed by atoms with Crippen LogP contribution in [0.3, 0.4) is 0 Å². The number of fused-ring (bicyclic) bond motifs is 2. The van der Waals surface area contributed by atoms with E-state index in [2.05, 4.69) is 32.7 Å². The fraction of sp³-hybridized carbons (Fsp3) is 0.167. The average molecular weight is 319 g/mol. The van der Waals surface area contributed by atoms with Crippen molar-refractivity contribution in [2.45, 2.75) is 0 Å². The third-order valence-corrected chi connectivity index (χ3v) is 4.28. The predicted molar refractivity (Wildman–Crippen MR) is 95.5 cm³/mol. The summed E-state index contributed by atoms with van der Waals surface area (Å²) >= 11 is 0. The largest absolute Gasteiger partial charge is 0.348 e. The van der Waals surface area contributed by atoms with E-state index in [-0.39, 0.29) is 0 Å². The van der Waals surface area contributed by atoms with Crippen LogP contribution >= 0.6 is 0 Å². The van der Waals surface area contributed by atoms with Gasteiger partial charge in [0.25, 0.3) is 0 Å². The molecule has 0 spiro atoms. The van der Waals surface area contributed by atoms with Gasteiger partial charge in [-0.3, -0.25) is 4.79 Å². The Labute approximate surface area is 138 Å². The molecule has 1 aromatic carbocycles. The van der Waals surface area contributed by atoms with Crippen LogP contribution in [-0.4, -0.2) is 39.9 Å². The second kappa shape index (κ2) is 5.19. The second-order valence-electron chi connectivity index (χ2n) is 6.05. The number of imidazole rings is 1. The number of carbonyl (C=O) groups is 1. The van der Waals surface area contributed by atoms with Gasteiger partial charge in [0.1, 0.15) is 5.65 Å². The second-order valence-corrected chi connectivity index (χ2v) is 6.05. The van der Waals surface area contributed by atoms with Crippen LogP contribution in [-0.2, 0) is 7.05 Å². The highest BCUT2D eigenvalue weighted by molar-refractivity contribution is 5.97. The number of anilines is 1. The first-order chi connectivity index (χ1) is 11.6. The van der Waals surface area contributed by atoms with Gasteiger partial charge >= 0.3 is 0 Å². The Bertz CT molecular complexity index is 1070. The highest BCUT2D eigenvalue weighted by Gasteiger charge is 2.11. The molecule has 0 fully saturated rings. The lowest BCUT2D eigenvalue weighted by atomic mass is 10.1. The van der Waals surface area contributed by atoms with Crippen molar-refractivity contribution in [3.05, 3.63) is 42.2 Å². The molecular weight excluding hydrogens is 302 g/mol. The molecule has 24 heavy (non-hydrogen) atoms. The highest BCUT2D eigenvalue weighted by atomic mass is 16.1. The monoisotopic (exact) mass is 319 g/mol. The number of carbonyl (C=O) groups excluding carboxylic acids is 1. The van der Waals surface area contributed by atoms with Crippen molar-refractivity contribution >= 4 is 34.3 Å². The van der Waals surface area contributed by atoms with E-state index in [4.69, 9.17) is 4.98 Å². The van der Waals surface area contributed by atoms with E-state index in [9.17, 15) is 4.79 Å². The minimum atomic E-state index is 0.619. The molecule has 4 rings (SSSR count). The van der Waals surface area contributed by atoms with Crippen molar-refractivity contribution < 1.29 is 4.79 Å². The van der Waals surface area contributed by atoms with Crippen LogP contribution in [0.25, 0.3) is 33.2 Å². The first kappa shape index (κ1) is 14.4. The van der Waals surface area contributed by atoms with Crippen molar-refractivity contribution in [1.29, 1.82) is 0 Å². The normalized spacial score (nSPS) is 11.3. The number of hydrogen-bond acceptors (Lipinski definition) is 4. The van der Waals surface area contributed by atoms with E-state index in [1.807, 2.05) is 38.3 Å². The van der Waals surface area contributed by atoms with Crippen LogP contribution < -0.4 is 4.90 Å². The number of aldehydes is 1. The van der Waals surface area contributed by atoms with E-state index < -0.39 is 0 Å². The number of rotatable bonds is 3. The summed E-state index contributed by atoms with van der Waals surface area (Å²) < 4.78 is 2.07. The number of aromatic amines is 1. The Hall–Kier alpha value is -3.15. The summed E-state index contributed by atoms with van der Waals surface area (Å²) in [7, 11) is 5.97. The zero-order valence-electron chi connectivity index (χ0n) is 13.7. The number of H-pyrrole nitrogens is 1. The molecule has 0 radical (unpaired) electrons. The molecule has 0 amide bonds. The van der Waals surface area contributed by atoms with Crippen LogP contribution in [0.2, 0.25) is 0 Å². The first-order valence-electron chi connectivity index (χ1n) is 7.65. The molecule has 1 N–H and O–H groups in total. The van der Waals surface area contributed by atoms with Gasteiger partial charge in [0.15, 0.2) is 6.29 Å². The molecular formula is C18H17N5O. The number of nitrogens with zero attached hydrogens (tertiary/aromatic N) is 4. The third-order valence-electron chi connectivity index (χ3n) is 4.28. The maximum absolute atomic E-state index is 11.1. The molecule has 0 atom stereocenters. The number of benzene rings is 1. The van der Waals surface area contributed by atoms with E-state index >= 15 is 0 Å². The molecule has 3 aromatic heterocycles. The van der Waals surface area contributed by atoms with Gasteiger partial charge in [-0.1, -0.05) is 6.07 Å². The first-order valence-corrected chi connectivity index (χ1v) is 7.65. The molecule has 6 heteroatoms. The summed E-state index contributed by atoms with van der Waals surface area (Å²) in [5.74, 6) is 0.907. The smallest absolute Gasteiger partial charge is 0.205 e. The van der Waals surface area contributed by atoms with Crippen molar-refractivity contribution in [3.63, 3.8) is 0 Å². The van der Waals surface area contributed by atoms with Crippen molar-refractivity contribution in [1.82, 2.24) is 19.5 Å². The maximum atomic E-state index is 11.1. The lowest BCUT2D eigenvalue weighted by Crippen LogP contribution is -2.13. The van der Waals surface area contributed by atoms with Crippen LogP contribution in [0.4, 0.5) is 5.95 Å². The van der Waals surface area contributed by atoms with Crippen LogP contribution in [0.15, 0.2) is 36.7 Å². The van der Waals surface area contributed by atoms with Gasteiger partial charge in [-0.05, 0) is 23.8 Å². The Morgan fingerprint density at radius 3 is 2.79 bits per heavy atom. The molecule has 0 bridgehead atoms. The van der Waals surface area contributed by atoms with Crippen molar-refractivity contribution in [3.8, 4) is 11.1 Å². The van der Waals surface area contributed by atoms with Gasteiger partial charge < -0.3 is 14.5 Å². The molecule has 0 aliphatic heterocycles. The summed E-state index contributed by atoms with van der Waals surface area (Å²) in [5.41, 5.74) is 5.33. The number of aryl methyl sites for hydroxylation is 1. The fourth-order valence-electron chi connectivity index (χ4n) is 3.05. The molecule has 0 aliphatic carbocycles. The quantitative estimate of drug-likeness (QED) is 0.590. The average Bonchev–Trinajstić information content (AvgIpc) is 3.15. The van der Waals surface area contributed by atoms with Gasteiger partial charge in [0.05, 0.1) is 11.0 Å². The lowest BCUT2D eigenvalue weighted by Gasteiger charge is -2.10. The molecule has 6 nitrogen and oxygen atoms in total. The minimum Gasteiger partial charge on any atom is -0.348 e. The molecule has 4 aromatic rings. The van der Waals surface area contributed by atoms with Crippen molar-refractivity contribution in [2.75, 3.05) is 19.0 Å². The lowest BCUT2D eigenvalue weighted by molar-refractivity contribution is 0.112. The zero-order chi connectivity index (χ0) is 16.8. The number of nitrogens with one attached hydrogen (secondary N) is 1. The van der Waals surface area contributed by atoms with E-state index in [0.29, 0.717) is 5.56 Å². The summed E-state index contributed by atoms with van der Waals surface area (Å²) in [4.78, 5) is 25.2. The Morgan fingerprint density at radius 1 is 1.21 bits per heavy atom. The standard InChI is InChI=1S/C18H17N5O/c1-22(2)18-21-15-7-11(4-5-16(15)23(18)3)12-6-14-13(10-24)9-20-17(14)19-8-12/h4-10H,1-3H3,(H,19,20). The highest BCUT2D eigenvalue weighted by Crippen LogP contribution is 2.28. The fourth-order valence-corrected chi connectivity index (χ4v) is 3.05. The van der Waals surface area contributed by atoms with E-state index in [1.54, 1.807) is 6.20 Å². The Morgan fingerprint density at radius 2 is 2.04 bits per heavy atom. The van der Waals surface area contributed by atoms with E-state index in [0.717, 1.165) is 45.4 Å². The molecule has 0 unspecified atom stereocenters. The van der Waals surface area contributed by atoms with Crippen LogP contribution in [0.1, 0.15) is 10.4 Å². The SMILES string of the molecule is CN(C)c1nc2cc(-c3cnc4[nH]cc(C=O)c4c3)ccc2n1C. The van der Waals surface area contributed by atoms with Gasteiger partial charge in [-0.2, -0.15) is 0 Å². The minimum absolute atomic E-state index is 0.619. The topological polar surface area (TPSA) is 66.8 Å². The van der Waals surface area contributed by atoms with Gasteiger partial charge in [0, 0.05) is 50.0 Å². The van der Waals surface area contributed by atoms with Crippen LogP contribution in [0.5, 0.6) is 0 Å². The number of aromatic nitrogens is 4. The number of pyridine rings is 1. The zero-order valence-corrected chi connectivity index (χ0v) is 13.7. The summed E-state index contributed by atoms with van der Waals surface area (Å²) in [6.07, 6.45) is 4.33. The molecule has 120 valence electrons. The summed E-state index contributed by atoms with van der Waals surface area (Å²) in [6.45, 7) is 0. The molecule has 3 heterocycles. The van der Waals surface area contributed by atoms with Crippen molar-refractivity contribution in [2.24, 2.45) is 7.05 Å². The van der Waals surface area contributed by atoms with Gasteiger partial charge in [-0.15, -0.1) is 0 Å². The van der Waals surface area contributed by atoms with Gasteiger partial charge in [0.2, 0.25) is 5.95 Å². The number of hydrogen-bond donors (Lipinski definition) is 1. The molecule has 0 aliphatic rings. The predicted octanol–water partition coefficient (Wildman–Crippen LogP) is 3.00.